The van der Waals surface area contributed by atoms with Crippen LogP contribution in [0.2, 0.25) is 0 Å². The third-order valence-corrected chi connectivity index (χ3v) is 4.52. The van der Waals surface area contributed by atoms with E-state index in [1.807, 2.05) is 18.2 Å². The van der Waals surface area contributed by atoms with Crippen LogP contribution in [0.15, 0.2) is 18.2 Å². The molecule has 26 heavy (non-hydrogen) atoms. The first-order chi connectivity index (χ1) is 12.7. The minimum absolute atomic E-state index is 0.256. The minimum atomic E-state index is 0.256. The van der Waals surface area contributed by atoms with Gasteiger partial charge in [-0.25, -0.2) is 4.98 Å². The molecular weight excluding hydrogens is 336 g/mol. The second kappa shape index (κ2) is 7.25. The lowest BCUT2D eigenvalue weighted by molar-refractivity contribution is 0.170. The molecule has 1 unspecified atom stereocenters. The summed E-state index contributed by atoms with van der Waals surface area (Å²) < 4.78 is 22.2. The molecule has 4 rings (SSSR count). The van der Waals surface area contributed by atoms with Crippen LogP contribution in [0.5, 0.6) is 17.2 Å². The Bertz CT molecular complexity index is 793. The Morgan fingerprint density at radius 3 is 2.69 bits per heavy atom. The van der Waals surface area contributed by atoms with Crippen molar-refractivity contribution < 1.29 is 18.9 Å². The van der Waals surface area contributed by atoms with Gasteiger partial charge in [0.05, 0.1) is 19.4 Å². The van der Waals surface area contributed by atoms with Crippen molar-refractivity contribution in [2.45, 2.75) is 18.9 Å². The van der Waals surface area contributed by atoms with Gasteiger partial charge in [-0.05, 0) is 12.5 Å². The zero-order valence-corrected chi connectivity index (χ0v) is 14.7. The maximum atomic E-state index is 5.88. The Hall–Kier alpha value is -2.74. The molecule has 3 heterocycles. The van der Waals surface area contributed by atoms with E-state index < -0.39 is 0 Å². The molecule has 2 aliphatic rings. The topological polar surface area (TPSA) is 101 Å². The van der Waals surface area contributed by atoms with E-state index in [1.165, 1.54) is 0 Å². The normalized spacial score (nSPS) is 18.6. The molecule has 1 atom stereocenters. The average Bonchev–Trinajstić information content (AvgIpc) is 3.20. The van der Waals surface area contributed by atoms with Crippen LogP contribution < -0.4 is 25.3 Å². The lowest BCUT2D eigenvalue weighted by Gasteiger charge is -2.21. The summed E-state index contributed by atoms with van der Waals surface area (Å²) in [4.78, 5) is 8.63. The van der Waals surface area contributed by atoms with E-state index in [-0.39, 0.29) is 11.9 Å². The second-order valence-corrected chi connectivity index (χ2v) is 6.26. The molecule has 0 spiro atoms. The number of aromatic nitrogens is 2. The summed E-state index contributed by atoms with van der Waals surface area (Å²) in [6.45, 7) is 3.03. The van der Waals surface area contributed by atoms with Gasteiger partial charge in [-0.2, -0.15) is 4.98 Å². The Balaban J connectivity index is 1.53. The molecule has 1 fully saturated rings. The van der Waals surface area contributed by atoms with Crippen molar-refractivity contribution in [2.75, 3.05) is 44.6 Å². The first kappa shape index (κ1) is 16.7. The Labute approximate surface area is 151 Å². The van der Waals surface area contributed by atoms with Gasteiger partial charge in [0.1, 0.15) is 24.8 Å². The lowest BCUT2D eigenvalue weighted by Crippen LogP contribution is -2.16. The number of hydrogen-bond acceptors (Lipinski definition) is 8. The third-order valence-electron chi connectivity index (χ3n) is 4.52. The van der Waals surface area contributed by atoms with Gasteiger partial charge in [-0.1, -0.05) is 0 Å². The summed E-state index contributed by atoms with van der Waals surface area (Å²) in [7, 11) is 1.63. The summed E-state index contributed by atoms with van der Waals surface area (Å²) >= 11 is 0. The SMILES string of the molecule is COc1cc2c(cc1CNc1cc(C3CCOC3)nc(N)n1)OCCO2. The van der Waals surface area contributed by atoms with E-state index in [4.69, 9.17) is 24.7 Å². The first-order valence-electron chi connectivity index (χ1n) is 8.65. The molecule has 8 nitrogen and oxygen atoms in total. The van der Waals surface area contributed by atoms with Crippen molar-refractivity contribution in [1.29, 1.82) is 0 Å². The fraction of sp³-hybridized carbons (Fsp3) is 0.444. The number of benzene rings is 1. The number of nitrogen functional groups attached to an aromatic ring is 1. The molecule has 0 saturated carbocycles. The molecule has 8 heteroatoms. The smallest absolute Gasteiger partial charge is 0.222 e. The zero-order valence-electron chi connectivity index (χ0n) is 14.7. The Morgan fingerprint density at radius 1 is 1.15 bits per heavy atom. The number of rotatable bonds is 5. The van der Waals surface area contributed by atoms with Crippen molar-refractivity contribution in [1.82, 2.24) is 9.97 Å². The molecule has 3 N–H and O–H groups in total. The van der Waals surface area contributed by atoms with Gasteiger partial charge in [-0.3, -0.25) is 0 Å². The van der Waals surface area contributed by atoms with Crippen LogP contribution in [0.1, 0.15) is 23.6 Å². The van der Waals surface area contributed by atoms with Crippen molar-refractivity contribution in [2.24, 2.45) is 0 Å². The number of anilines is 2. The van der Waals surface area contributed by atoms with Crippen molar-refractivity contribution in [3.63, 3.8) is 0 Å². The first-order valence-corrected chi connectivity index (χ1v) is 8.65. The monoisotopic (exact) mass is 358 g/mol. The van der Waals surface area contributed by atoms with Crippen LogP contribution in [0.3, 0.4) is 0 Å². The predicted octanol–water partition coefficient (Wildman–Crippen LogP) is 1.95. The lowest BCUT2D eigenvalue weighted by atomic mass is 10.0. The zero-order chi connectivity index (χ0) is 17.9. The summed E-state index contributed by atoms with van der Waals surface area (Å²) in [6, 6.07) is 5.71. The number of nitrogens with two attached hydrogens (primary N) is 1. The van der Waals surface area contributed by atoms with E-state index in [2.05, 4.69) is 15.3 Å². The van der Waals surface area contributed by atoms with Gasteiger partial charge in [-0.15, -0.1) is 0 Å². The highest BCUT2D eigenvalue weighted by molar-refractivity contribution is 5.53. The highest BCUT2D eigenvalue weighted by Gasteiger charge is 2.21. The number of nitrogens with zero attached hydrogens (tertiary/aromatic N) is 2. The number of nitrogens with one attached hydrogen (secondary N) is 1. The fourth-order valence-corrected chi connectivity index (χ4v) is 3.18. The maximum Gasteiger partial charge on any atom is 0.222 e. The van der Waals surface area contributed by atoms with Gasteiger partial charge in [0.15, 0.2) is 11.5 Å². The predicted molar refractivity (Wildman–Crippen MR) is 95.9 cm³/mol. The van der Waals surface area contributed by atoms with Crippen LogP contribution in [-0.4, -0.2) is 43.5 Å². The third kappa shape index (κ3) is 3.45. The van der Waals surface area contributed by atoms with Crippen LogP contribution in [-0.2, 0) is 11.3 Å². The molecule has 138 valence electrons. The molecule has 0 amide bonds. The van der Waals surface area contributed by atoms with E-state index in [0.29, 0.717) is 37.9 Å². The number of methoxy groups -OCH3 is 1. The molecule has 0 aliphatic carbocycles. The molecule has 2 aromatic rings. The molecule has 1 saturated heterocycles. The largest absolute Gasteiger partial charge is 0.496 e. The molecule has 1 aromatic carbocycles. The van der Waals surface area contributed by atoms with Crippen molar-refractivity contribution >= 4 is 11.8 Å². The molecule has 2 aliphatic heterocycles. The summed E-state index contributed by atoms with van der Waals surface area (Å²) in [5.74, 6) is 3.35. The van der Waals surface area contributed by atoms with E-state index >= 15 is 0 Å². The second-order valence-electron chi connectivity index (χ2n) is 6.26. The highest BCUT2D eigenvalue weighted by atomic mass is 16.6. The van der Waals surface area contributed by atoms with Crippen molar-refractivity contribution in [3.8, 4) is 17.2 Å². The minimum Gasteiger partial charge on any atom is -0.496 e. The summed E-state index contributed by atoms with van der Waals surface area (Å²) in [5, 5.41) is 3.30. The Kier molecular flexibility index (Phi) is 4.66. The van der Waals surface area contributed by atoms with Crippen molar-refractivity contribution in [3.05, 3.63) is 29.5 Å². The molecule has 1 aromatic heterocycles. The Morgan fingerprint density at radius 2 is 1.96 bits per heavy atom. The average molecular weight is 358 g/mol. The van der Waals surface area contributed by atoms with Crippen LogP contribution in [0.4, 0.5) is 11.8 Å². The van der Waals surface area contributed by atoms with Crippen LogP contribution >= 0.6 is 0 Å². The van der Waals surface area contributed by atoms with Crippen LogP contribution in [0, 0.1) is 0 Å². The van der Waals surface area contributed by atoms with Gasteiger partial charge in [0.25, 0.3) is 0 Å². The number of fused-ring (bicyclic) bond motifs is 1. The van der Waals surface area contributed by atoms with Crippen LogP contribution in [0.25, 0.3) is 0 Å². The highest BCUT2D eigenvalue weighted by Crippen LogP contribution is 2.37. The summed E-state index contributed by atoms with van der Waals surface area (Å²) in [6.07, 6.45) is 0.950. The molecular formula is C18H22N4O4. The van der Waals surface area contributed by atoms with Gasteiger partial charge < -0.3 is 30.0 Å². The van der Waals surface area contributed by atoms with E-state index in [0.717, 1.165) is 35.8 Å². The quantitative estimate of drug-likeness (QED) is 0.836. The molecule has 0 bridgehead atoms. The van der Waals surface area contributed by atoms with Gasteiger partial charge >= 0.3 is 0 Å². The van der Waals surface area contributed by atoms with E-state index in [1.54, 1.807) is 7.11 Å². The fourth-order valence-electron chi connectivity index (χ4n) is 3.18. The summed E-state index contributed by atoms with van der Waals surface area (Å²) in [5.41, 5.74) is 7.73. The van der Waals surface area contributed by atoms with Gasteiger partial charge in [0.2, 0.25) is 5.95 Å². The molecule has 0 radical (unpaired) electrons. The van der Waals surface area contributed by atoms with E-state index in [9.17, 15) is 0 Å². The number of ether oxygens (including phenoxy) is 4. The standard InChI is InChI=1S/C18H22N4O4/c1-23-14-8-16-15(25-4-5-26-16)6-12(14)9-20-17-7-13(21-18(19)22-17)11-2-3-24-10-11/h6-8,11H,2-5,9-10H2,1H3,(H3,19,20,21,22). The maximum absolute atomic E-state index is 5.88. The number of hydrogen-bond donors (Lipinski definition) is 2. The van der Waals surface area contributed by atoms with Gasteiger partial charge in [0, 0.05) is 36.8 Å².